The number of nitrogens with one attached hydrogen (secondary N) is 2. The maximum Gasteiger partial charge on any atom is 0.251 e. The van der Waals surface area contributed by atoms with Gasteiger partial charge >= 0.3 is 0 Å². The minimum Gasteiger partial charge on any atom is -0.352 e. The Hall–Kier alpha value is -3.06. The van der Waals surface area contributed by atoms with Crippen molar-refractivity contribution in [3.8, 4) is 11.8 Å². The first kappa shape index (κ1) is 13.9. The first-order valence-corrected chi connectivity index (χ1v) is 7.10. The highest BCUT2D eigenvalue weighted by molar-refractivity contribution is 5.94. The van der Waals surface area contributed by atoms with E-state index in [1.807, 2.05) is 37.3 Å². The van der Waals surface area contributed by atoms with Gasteiger partial charge in [0.05, 0.1) is 5.69 Å². The van der Waals surface area contributed by atoms with E-state index in [4.69, 9.17) is 0 Å². The number of carbonyl (C=O) groups is 1. The van der Waals surface area contributed by atoms with Gasteiger partial charge in [0.15, 0.2) is 0 Å². The molecule has 4 heteroatoms. The van der Waals surface area contributed by atoms with Gasteiger partial charge in [0.25, 0.3) is 5.91 Å². The molecule has 0 unspecified atom stereocenters. The summed E-state index contributed by atoms with van der Waals surface area (Å²) in [4.78, 5) is 19.1. The molecule has 0 saturated heterocycles. The Bertz CT molecular complexity index is 833. The number of fused-ring (bicyclic) bond motifs is 1. The van der Waals surface area contributed by atoms with E-state index in [9.17, 15) is 4.79 Å². The molecule has 0 bridgehead atoms. The smallest absolute Gasteiger partial charge is 0.251 e. The van der Waals surface area contributed by atoms with E-state index in [0.29, 0.717) is 12.1 Å². The molecule has 2 N–H and O–H groups in total. The van der Waals surface area contributed by atoms with Crippen LogP contribution in [0.15, 0.2) is 48.7 Å². The third-order valence-electron chi connectivity index (χ3n) is 3.22. The molecule has 22 heavy (non-hydrogen) atoms. The second kappa shape index (κ2) is 6.15. The molecular weight excluding hydrogens is 274 g/mol. The van der Waals surface area contributed by atoms with Crippen molar-refractivity contribution in [2.24, 2.45) is 0 Å². The molecule has 4 nitrogen and oxygen atoms in total. The second-order valence-corrected chi connectivity index (χ2v) is 4.81. The van der Waals surface area contributed by atoms with E-state index in [2.05, 4.69) is 27.1 Å². The van der Waals surface area contributed by atoms with Gasteiger partial charge in [-0.05, 0) is 55.3 Å². The van der Waals surface area contributed by atoms with Gasteiger partial charge in [-0.15, -0.1) is 0 Å². The summed E-state index contributed by atoms with van der Waals surface area (Å²) in [6, 6.07) is 13.1. The minimum atomic E-state index is -0.0660. The molecular formula is C18H15N3O. The number of carbonyl (C=O) groups excluding carboxylic acids is 1. The predicted octanol–water partition coefficient (Wildman–Crippen LogP) is 2.71. The average Bonchev–Trinajstić information content (AvgIpc) is 2.96. The second-order valence-electron chi connectivity index (χ2n) is 4.81. The van der Waals surface area contributed by atoms with Gasteiger partial charge in [-0.25, -0.2) is 4.98 Å². The van der Waals surface area contributed by atoms with E-state index in [-0.39, 0.29) is 5.91 Å². The molecule has 0 atom stereocenters. The van der Waals surface area contributed by atoms with E-state index < -0.39 is 0 Å². The molecule has 0 aliphatic rings. The predicted molar refractivity (Wildman–Crippen MR) is 86.5 cm³/mol. The van der Waals surface area contributed by atoms with Crippen molar-refractivity contribution in [2.75, 3.05) is 6.54 Å². The lowest BCUT2D eigenvalue weighted by molar-refractivity contribution is 0.0956. The van der Waals surface area contributed by atoms with Crippen molar-refractivity contribution in [3.63, 3.8) is 0 Å². The number of rotatable bonds is 2. The summed E-state index contributed by atoms with van der Waals surface area (Å²) in [5.74, 6) is 6.09. The minimum absolute atomic E-state index is 0.0660. The highest BCUT2D eigenvalue weighted by Crippen LogP contribution is 2.11. The number of aromatic amines is 1. The Balaban J connectivity index is 1.80. The van der Waals surface area contributed by atoms with E-state index >= 15 is 0 Å². The quantitative estimate of drug-likeness (QED) is 0.713. The van der Waals surface area contributed by atoms with Gasteiger partial charge in [-0.3, -0.25) is 4.79 Å². The summed E-state index contributed by atoms with van der Waals surface area (Å²) >= 11 is 0. The zero-order chi connectivity index (χ0) is 15.4. The summed E-state index contributed by atoms with van der Waals surface area (Å²) in [5, 5.41) is 3.81. The lowest BCUT2D eigenvalue weighted by Crippen LogP contribution is -2.22. The lowest BCUT2D eigenvalue weighted by atomic mass is 10.1. The van der Waals surface area contributed by atoms with Crippen LogP contribution in [0.1, 0.15) is 28.5 Å². The molecule has 3 rings (SSSR count). The van der Waals surface area contributed by atoms with E-state index in [1.165, 1.54) is 0 Å². The fourth-order valence-electron chi connectivity index (χ4n) is 2.13. The highest BCUT2D eigenvalue weighted by Gasteiger charge is 2.02. The van der Waals surface area contributed by atoms with Crippen LogP contribution in [0.5, 0.6) is 0 Å². The van der Waals surface area contributed by atoms with Crippen LogP contribution in [0.4, 0.5) is 0 Å². The third kappa shape index (κ3) is 2.99. The molecule has 0 aliphatic heterocycles. The van der Waals surface area contributed by atoms with Crippen LogP contribution in [-0.2, 0) is 0 Å². The third-order valence-corrected chi connectivity index (χ3v) is 3.22. The highest BCUT2D eigenvalue weighted by atomic mass is 16.1. The van der Waals surface area contributed by atoms with E-state index in [0.717, 1.165) is 22.3 Å². The number of aromatic nitrogens is 2. The number of pyridine rings is 1. The van der Waals surface area contributed by atoms with Crippen LogP contribution in [0.2, 0.25) is 0 Å². The first-order valence-electron chi connectivity index (χ1n) is 7.10. The summed E-state index contributed by atoms with van der Waals surface area (Å²) in [6.07, 6.45) is 1.75. The molecule has 2 heterocycles. The number of nitrogens with zero attached hydrogens (tertiary/aromatic N) is 1. The summed E-state index contributed by atoms with van der Waals surface area (Å²) in [7, 11) is 0. The maximum absolute atomic E-state index is 11.7. The summed E-state index contributed by atoms with van der Waals surface area (Å²) in [5.41, 5.74) is 3.15. The van der Waals surface area contributed by atoms with Crippen LogP contribution < -0.4 is 5.32 Å². The summed E-state index contributed by atoms with van der Waals surface area (Å²) < 4.78 is 0. The SMILES string of the molecule is CCNC(=O)c1ccc(C#Cc2cc3cccnc3[nH]2)cc1. The van der Waals surface area contributed by atoms with Gasteiger partial charge in [0.1, 0.15) is 5.65 Å². The van der Waals surface area contributed by atoms with E-state index in [1.54, 1.807) is 18.3 Å². The van der Waals surface area contributed by atoms with Crippen molar-refractivity contribution < 1.29 is 4.79 Å². The number of hydrogen-bond donors (Lipinski definition) is 2. The Morgan fingerprint density at radius 1 is 1.23 bits per heavy atom. The Kier molecular flexibility index (Phi) is 3.88. The molecule has 0 fully saturated rings. The zero-order valence-electron chi connectivity index (χ0n) is 12.2. The van der Waals surface area contributed by atoms with Crippen LogP contribution >= 0.6 is 0 Å². The largest absolute Gasteiger partial charge is 0.352 e. The van der Waals surface area contributed by atoms with Gasteiger partial charge < -0.3 is 10.3 Å². The van der Waals surface area contributed by atoms with Gasteiger partial charge in [-0.1, -0.05) is 5.92 Å². The van der Waals surface area contributed by atoms with Crippen molar-refractivity contribution >= 4 is 16.9 Å². The number of hydrogen-bond acceptors (Lipinski definition) is 2. The lowest BCUT2D eigenvalue weighted by Gasteiger charge is -2.01. The Morgan fingerprint density at radius 3 is 2.77 bits per heavy atom. The standard InChI is InChI=1S/C18H15N3O/c1-2-19-18(22)14-8-5-13(6-9-14)7-10-16-12-15-4-3-11-20-17(15)21-16/h3-6,8-9,11-12H,2H2,1H3,(H,19,22)(H,20,21). The topological polar surface area (TPSA) is 57.8 Å². The van der Waals surface area contributed by atoms with Gasteiger partial charge in [0.2, 0.25) is 0 Å². The van der Waals surface area contributed by atoms with Crippen LogP contribution in [0.3, 0.4) is 0 Å². The molecule has 108 valence electrons. The fraction of sp³-hybridized carbons (Fsp3) is 0.111. The molecule has 2 aromatic heterocycles. The maximum atomic E-state index is 11.7. The van der Waals surface area contributed by atoms with Crippen molar-refractivity contribution in [1.82, 2.24) is 15.3 Å². The first-order chi connectivity index (χ1) is 10.8. The Labute approximate surface area is 128 Å². The molecule has 3 aromatic rings. The van der Waals surface area contributed by atoms with Crippen LogP contribution in [0, 0.1) is 11.8 Å². The normalized spacial score (nSPS) is 10.0. The van der Waals surface area contributed by atoms with Crippen molar-refractivity contribution in [2.45, 2.75) is 6.92 Å². The number of amides is 1. The average molecular weight is 289 g/mol. The zero-order valence-corrected chi connectivity index (χ0v) is 12.2. The monoisotopic (exact) mass is 289 g/mol. The fourth-order valence-corrected chi connectivity index (χ4v) is 2.13. The number of benzene rings is 1. The molecule has 0 spiro atoms. The summed E-state index contributed by atoms with van der Waals surface area (Å²) in [6.45, 7) is 2.52. The molecule has 1 amide bonds. The Morgan fingerprint density at radius 2 is 2.05 bits per heavy atom. The van der Waals surface area contributed by atoms with Crippen molar-refractivity contribution in [1.29, 1.82) is 0 Å². The molecule has 0 radical (unpaired) electrons. The van der Waals surface area contributed by atoms with Crippen LogP contribution in [-0.4, -0.2) is 22.4 Å². The molecule has 0 saturated carbocycles. The van der Waals surface area contributed by atoms with Crippen LogP contribution in [0.25, 0.3) is 11.0 Å². The molecule has 0 aliphatic carbocycles. The number of H-pyrrole nitrogens is 1. The molecule has 1 aromatic carbocycles. The van der Waals surface area contributed by atoms with Gasteiger partial charge in [-0.2, -0.15) is 0 Å². The van der Waals surface area contributed by atoms with Gasteiger partial charge in [0, 0.05) is 29.3 Å². The van der Waals surface area contributed by atoms with Crippen molar-refractivity contribution in [3.05, 3.63) is 65.5 Å².